The third kappa shape index (κ3) is 4.29. The summed E-state index contributed by atoms with van der Waals surface area (Å²) < 4.78 is 5.00. The number of pyridine rings is 1. The average molecular weight is 308 g/mol. The minimum Gasteiger partial charge on any atom is -0.450 e. The summed E-state index contributed by atoms with van der Waals surface area (Å²) in [4.78, 5) is 18.0. The highest BCUT2D eigenvalue weighted by Crippen LogP contribution is 2.16. The minimum atomic E-state index is -0.232. The van der Waals surface area contributed by atoms with Crippen LogP contribution in [0.4, 0.5) is 10.6 Å². The molecule has 0 unspecified atom stereocenters. The number of piperidine rings is 1. The zero-order valence-corrected chi connectivity index (χ0v) is 12.9. The summed E-state index contributed by atoms with van der Waals surface area (Å²) in [5, 5.41) is 3.36. The van der Waals surface area contributed by atoms with Gasteiger partial charge in [-0.25, -0.2) is 9.78 Å². The molecule has 0 spiro atoms. The molecule has 21 heavy (non-hydrogen) atoms. The van der Waals surface area contributed by atoms with Crippen LogP contribution in [0.2, 0.25) is 0 Å². The van der Waals surface area contributed by atoms with Crippen molar-refractivity contribution >= 4 is 29.1 Å². The quantitative estimate of drug-likeness (QED) is 0.825. The molecule has 7 heteroatoms. The van der Waals surface area contributed by atoms with Crippen molar-refractivity contribution in [2.24, 2.45) is 5.73 Å². The molecule has 0 bridgehead atoms. The summed E-state index contributed by atoms with van der Waals surface area (Å²) in [6, 6.07) is 5.83. The molecule has 0 atom stereocenters. The Labute approximate surface area is 129 Å². The topological polar surface area (TPSA) is 80.5 Å². The summed E-state index contributed by atoms with van der Waals surface area (Å²) in [6.07, 6.45) is 1.49. The van der Waals surface area contributed by atoms with Crippen LogP contribution in [0.25, 0.3) is 0 Å². The molecule has 0 aromatic carbocycles. The van der Waals surface area contributed by atoms with Gasteiger partial charge >= 0.3 is 6.09 Å². The highest BCUT2D eigenvalue weighted by atomic mass is 32.1. The van der Waals surface area contributed by atoms with Crippen LogP contribution in [0, 0.1) is 0 Å². The lowest BCUT2D eigenvalue weighted by Gasteiger charge is -2.31. The van der Waals surface area contributed by atoms with E-state index in [-0.39, 0.29) is 17.1 Å². The van der Waals surface area contributed by atoms with E-state index in [1.54, 1.807) is 11.0 Å². The van der Waals surface area contributed by atoms with Gasteiger partial charge in [-0.05, 0) is 31.9 Å². The Bertz CT molecular complexity index is 515. The molecule has 6 nitrogen and oxygen atoms in total. The summed E-state index contributed by atoms with van der Waals surface area (Å²) in [5.41, 5.74) is 6.19. The van der Waals surface area contributed by atoms with Crippen LogP contribution in [0.1, 0.15) is 25.5 Å². The van der Waals surface area contributed by atoms with Gasteiger partial charge in [0.1, 0.15) is 10.8 Å². The van der Waals surface area contributed by atoms with Gasteiger partial charge in [-0.1, -0.05) is 18.3 Å². The molecule has 0 radical (unpaired) electrons. The number of carbonyl (C=O) groups excluding carboxylic acids is 1. The first-order valence-corrected chi connectivity index (χ1v) is 7.46. The number of ether oxygens (including phenoxy) is 1. The molecule has 3 N–H and O–H groups in total. The normalized spacial score (nSPS) is 15.6. The number of anilines is 1. The Kier molecular flexibility index (Phi) is 5.32. The van der Waals surface area contributed by atoms with Gasteiger partial charge in [-0.2, -0.15) is 0 Å². The fraction of sp³-hybridized carbons (Fsp3) is 0.500. The van der Waals surface area contributed by atoms with Crippen LogP contribution in [-0.2, 0) is 4.74 Å². The highest BCUT2D eigenvalue weighted by Gasteiger charge is 2.23. The predicted molar refractivity (Wildman–Crippen MR) is 85.4 cm³/mol. The molecule has 0 saturated carbocycles. The van der Waals surface area contributed by atoms with Crippen molar-refractivity contribution in [3.05, 3.63) is 23.9 Å². The highest BCUT2D eigenvalue weighted by molar-refractivity contribution is 7.80. The summed E-state index contributed by atoms with van der Waals surface area (Å²) in [6.45, 7) is 3.59. The Balaban J connectivity index is 1.87. The number of nitrogens with one attached hydrogen (secondary N) is 1. The van der Waals surface area contributed by atoms with Crippen LogP contribution < -0.4 is 11.1 Å². The van der Waals surface area contributed by atoms with E-state index in [0.29, 0.717) is 25.4 Å². The Morgan fingerprint density at radius 1 is 1.52 bits per heavy atom. The average Bonchev–Trinajstić information content (AvgIpc) is 2.48. The molecule has 1 saturated heterocycles. The number of hydrogen-bond acceptors (Lipinski definition) is 5. The van der Waals surface area contributed by atoms with Gasteiger partial charge in [-0.3, -0.25) is 0 Å². The number of nitrogens with zero attached hydrogens (tertiary/aromatic N) is 2. The van der Waals surface area contributed by atoms with E-state index in [9.17, 15) is 4.79 Å². The van der Waals surface area contributed by atoms with Gasteiger partial charge in [0.15, 0.2) is 0 Å². The first kappa shape index (κ1) is 15.5. The van der Waals surface area contributed by atoms with Crippen LogP contribution in [0.3, 0.4) is 0 Å². The van der Waals surface area contributed by atoms with Gasteiger partial charge in [0.2, 0.25) is 0 Å². The molecule has 114 valence electrons. The maximum atomic E-state index is 11.6. The van der Waals surface area contributed by atoms with E-state index in [1.807, 2.05) is 19.1 Å². The van der Waals surface area contributed by atoms with Crippen molar-refractivity contribution in [2.75, 3.05) is 25.0 Å². The predicted octanol–water partition coefficient (Wildman–Crippen LogP) is 1.75. The Morgan fingerprint density at radius 3 is 2.86 bits per heavy atom. The van der Waals surface area contributed by atoms with Crippen LogP contribution in [-0.4, -0.2) is 46.7 Å². The van der Waals surface area contributed by atoms with E-state index < -0.39 is 0 Å². The molecule has 1 fully saturated rings. The fourth-order valence-electron chi connectivity index (χ4n) is 2.28. The van der Waals surface area contributed by atoms with E-state index in [2.05, 4.69) is 10.3 Å². The molecule has 1 aliphatic heterocycles. The van der Waals surface area contributed by atoms with Crippen molar-refractivity contribution < 1.29 is 9.53 Å². The lowest BCUT2D eigenvalue weighted by atomic mass is 10.1. The maximum absolute atomic E-state index is 11.6. The van der Waals surface area contributed by atoms with Crippen LogP contribution in [0.5, 0.6) is 0 Å². The third-order valence-electron chi connectivity index (χ3n) is 3.37. The van der Waals surface area contributed by atoms with Gasteiger partial charge < -0.3 is 20.7 Å². The SMILES string of the molecule is CCOC(=O)N1CCC(Nc2cccc(C(N)=S)n2)CC1. The first-order valence-electron chi connectivity index (χ1n) is 7.05. The Hall–Kier alpha value is -1.89. The van der Waals surface area contributed by atoms with Gasteiger partial charge in [0, 0.05) is 19.1 Å². The second-order valence-corrected chi connectivity index (χ2v) is 5.32. The monoisotopic (exact) mass is 308 g/mol. The molecule has 1 amide bonds. The van der Waals surface area contributed by atoms with E-state index in [1.165, 1.54) is 0 Å². The molecular formula is C14H20N4O2S. The molecule has 2 rings (SSSR count). The molecule has 2 heterocycles. The number of likely N-dealkylation sites (tertiary alicyclic amines) is 1. The third-order valence-corrected chi connectivity index (χ3v) is 3.58. The zero-order chi connectivity index (χ0) is 15.2. The van der Waals surface area contributed by atoms with Crippen LogP contribution >= 0.6 is 12.2 Å². The fourth-order valence-corrected chi connectivity index (χ4v) is 2.40. The van der Waals surface area contributed by atoms with Gasteiger partial charge in [-0.15, -0.1) is 0 Å². The lowest BCUT2D eigenvalue weighted by Crippen LogP contribution is -2.42. The maximum Gasteiger partial charge on any atom is 0.409 e. The summed E-state index contributed by atoms with van der Waals surface area (Å²) >= 11 is 4.92. The summed E-state index contributed by atoms with van der Waals surface area (Å²) in [7, 11) is 0. The standard InChI is InChI=1S/C14H20N4O2S/c1-2-20-14(19)18-8-6-10(7-9-18)16-12-5-3-4-11(17-12)13(15)21/h3-5,10H,2,6-9H2,1H3,(H2,15,21)(H,16,17). The molecule has 1 aromatic heterocycles. The largest absolute Gasteiger partial charge is 0.450 e. The number of aromatic nitrogens is 1. The summed E-state index contributed by atoms with van der Waals surface area (Å²) in [5.74, 6) is 0.759. The number of hydrogen-bond donors (Lipinski definition) is 2. The second-order valence-electron chi connectivity index (χ2n) is 4.88. The number of amides is 1. The Morgan fingerprint density at radius 2 is 2.24 bits per heavy atom. The van der Waals surface area contributed by atoms with E-state index in [0.717, 1.165) is 18.7 Å². The molecule has 1 aliphatic rings. The lowest BCUT2D eigenvalue weighted by molar-refractivity contribution is 0.0983. The van der Waals surface area contributed by atoms with Crippen molar-refractivity contribution in [3.8, 4) is 0 Å². The minimum absolute atomic E-state index is 0.232. The van der Waals surface area contributed by atoms with Crippen molar-refractivity contribution in [1.29, 1.82) is 0 Å². The van der Waals surface area contributed by atoms with Gasteiger partial charge in [0.25, 0.3) is 0 Å². The number of nitrogens with two attached hydrogens (primary N) is 1. The smallest absolute Gasteiger partial charge is 0.409 e. The number of rotatable bonds is 4. The molecular weight excluding hydrogens is 288 g/mol. The van der Waals surface area contributed by atoms with Crippen LogP contribution in [0.15, 0.2) is 18.2 Å². The molecule has 1 aromatic rings. The molecule has 0 aliphatic carbocycles. The number of carbonyl (C=O) groups is 1. The van der Waals surface area contributed by atoms with E-state index in [4.69, 9.17) is 22.7 Å². The van der Waals surface area contributed by atoms with Crippen molar-refractivity contribution in [1.82, 2.24) is 9.88 Å². The zero-order valence-electron chi connectivity index (χ0n) is 12.0. The first-order chi connectivity index (χ1) is 10.1. The second kappa shape index (κ2) is 7.21. The van der Waals surface area contributed by atoms with Crippen molar-refractivity contribution in [2.45, 2.75) is 25.8 Å². The van der Waals surface area contributed by atoms with E-state index >= 15 is 0 Å². The number of thiocarbonyl (C=S) groups is 1. The van der Waals surface area contributed by atoms with Crippen molar-refractivity contribution in [3.63, 3.8) is 0 Å². The van der Waals surface area contributed by atoms with Gasteiger partial charge in [0.05, 0.1) is 12.3 Å².